The molecule has 29 heavy (non-hydrogen) atoms. The summed E-state index contributed by atoms with van der Waals surface area (Å²) in [6.07, 6.45) is 3.26. The predicted octanol–water partition coefficient (Wildman–Crippen LogP) is 3.10. The maximum atomic E-state index is 13.1. The summed E-state index contributed by atoms with van der Waals surface area (Å²) in [5.74, 6) is 0.204. The van der Waals surface area contributed by atoms with Crippen molar-refractivity contribution in [2.45, 2.75) is 53.7 Å². The molecular formula is C20H30N2O4S2Si. The lowest BCUT2D eigenvalue weighted by molar-refractivity contribution is -0.154. The van der Waals surface area contributed by atoms with Gasteiger partial charge in [0.25, 0.3) is 0 Å². The lowest BCUT2D eigenvalue weighted by atomic mass is 9.95. The van der Waals surface area contributed by atoms with Crippen LogP contribution in [0.5, 0.6) is 0 Å². The van der Waals surface area contributed by atoms with Crippen molar-refractivity contribution in [3.05, 3.63) is 24.4 Å². The first-order valence-electron chi connectivity index (χ1n) is 10.1. The van der Waals surface area contributed by atoms with Gasteiger partial charge < -0.3 is 14.7 Å². The molecule has 3 rings (SSSR count). The van der Waals surface area contributed by atoms with Crippen molar-refractivity contribution in [1.29, 1.82) is 0 Å². The van der Waals surface area contributed by atoms with E-state index >= 15 is 0 Å². The number of ether oxygens (including phenoxy) is 1. The summed E-state index contributed by atoms with van der Waals surface area (Å²) < 4.78 is 4.98. The van der Waals surface area contributed by atoms with Crippen molar-refractivity contribution in [2.75, 3.05) is 25.5 Å². The normalized spacial score (nSPS) is 26.2. The van der Waals surface area contributed by atoms with Crippen LogP contribution in [0.4, 0.5) is 0 Å². The minimum absolute atomic E-state index is 0.0513. The molecule has 160 valence electrons. The average molecular weight is 455 g/mol. The number of aliphatic hydroxyl groups is 1. The Balaban J connectivity index is 1.61. The first-order chi connectivity index (χ1) is 13.8. The van der Waals surface area contributed by atoms with Crippen molar-refractivity contribution >= 4 is 43.5 Å². The topological polar surface area (TPSA) is 79.7 Å². The molecule has 3 heterocycles. The SMILES string of the molecule is C[Si](C)(C)CCOC(=O)C1(CCCSc2ccccn2)CN2C(=O)[C@H](CO)[C@H]2S1. The highest BCUT2D eigenvalue weighted by atomic mass is 32.2. The van der Waals surface area contributed by atoms with Crippen LogP contribution < -0.4 is 0 Å². The largest absolute Gasteiger partial charge is 0.465 e. The summed E-state index contributed by atoms with van der Waals surface area (Å²) in [4.78, 5) is 31.4. The van der Waals surface area contributed by atoms with Crippen LogP contribution in [0.2, 0.25) is 25.7 Å². The van der Waals surface area contributed by atoms with Gasteiger partial charge in [-0.15, -0.1) is 23.5 Å². The number of amides is 1. The number of hydrogen-bond donors (Lipinski definition) is 1. The number of carbonyl (C=O) groups is 2. The Hall–Kier alpha value is -1.03. The van der Waals surface area contributed by atoms with Gasteiger partial charge in [-0.3, -0.25) is 9.59 Å². The zero-order chi connectivity index (χ0) is 21.1. The molecule has 2 fully saturated rings. The molecule has 1 aromatic heterocycles. The highest BCUT2D eigenvalue weighted by molar-refractivity contribution is 8.02. The van der Waals surface area contributed by atoms with Crippen LogP contribution in [0.1, 0.15) is 12.8 Å². The molecule has 2 saturated heterocycles. The van der Waals surface area contributed by atoms with Crippen molar-refractivity contribution in [1.82, 2.24) is 9.88 Å². The molecule has 2 aliphatic rings. The number of rotatable bonds is 10. The molecule has 1 unspecified atom stereocenters. The van der Waals surface area contributed by atoms with Crippen LogP contribution in [-0.4, -0.2) is 70.6 Å². The quantitative estimate of drug-likeness (QED) is 0.191. The number of hydrogen-bond acceptors (Lipinski definition) is 7. The number of pyridine rings is 1. The lowest BCUT2D eigenvalue weighted by Gasteiger charge is -2.40. The van der Waals surface area contributed by atoms with E-state index in [1.807, 2.05) is 18.2 Å². The van der Waals surface area contributed by atoms with Gasteiger partial charge in [-0.25, -0.2) is 4.98 Å². The third-order valence-electron chi connectivity index (χ3n) is 5.29. The lowest BCUT2D eigenvalue weighted by Crippen LogP contribution is -2.58. The van der Waals surface area contributed by atoms with Crippen LogP contribution in [0.3, 0.4) is 0 Å². The summed E-state index contributed by atoms with van der Waals surface area (Å²) in [6, 6.07) is 6.76. The predicted molar refractivity (Wildman–Crippen MR) is 120 cm³/mol. The molecule has 0 aliphatic carbocycles. The van der Waals surface area contributed by atoms with E-state index in [-0.39, 0.29) is 29.8 Å². The van der Waals surface area contributed by atoms with Gasteiger partial charge in [0.2, 0.25) is 5.91 Å². The van der Waals surface area contributed by atoms with E-state index in [9.17, 15) is 14.7 Å². The second-order valence-electron chi connectivity index (χ2n) is 8.82. The second-order valence-corrected chi connectivity index (χ2v) is 17.1. The molecule has 1 amide bonds. The van der Waals surface area contributed by atoms with E-state index < -0.39 is 12.8 Å². The van der Waals surface area contributed by atoms with Crippen LogP contribution in [0, 0.1) is 5.92 Å². The Kier molecular flexibility index (Phi) is 7.35. The molecule has 0 saturated carbocycles. The van der Waals surface area contributed by atoms with Crippen molar-refractivity contribution < 1.29 is 19.4 Å². The molecule has 2 aliphatic heterocycles. The Bertz CT molecular complexity index is 731. The van der Waals surface area contributed by atoms with Crippen LogP contribution >= 0.6 is 23.5 Å². The van der Waals surface area contributed by atoms with E-state index in [0.717, 1.165) is 23.2 Å². The van der Waals surface area contributed by atoms with Gasteiger partial charge in [-0.1, -0.05) is 25.7 Å². The molecular weight excluding hydrogens is 424 g/mol. The third-order valence-corrected chi connectivity index (χ3v) is 9.80. The Morgan fingerprint density at radius 1 is 1.45 bits per heavy atom. The maximum absolute atomic E-state index is 13.1. The third kappa shape index (κ3) is 5.37. The molecule has 0 spiro atoms. The molecule has 1 N–H and O–H groups in total. The van der Waals surface area contributed by atoms with Gasteiger partial charge in [-0.2, -0.15) is 0 Å². The number of fused-ring (bicyclic) bond motifs is 1. The Morgan fingerprint density at radius 2 is 2.24 bits per heavy atom. The van der Waals surface area contributed by atoms with Crippen molar-refractivity contribution in [2.24, 2.45) is 5.92 Å². The van der Waals surface area contributed by atoms with E-state index in [1.165, 1.54) is 11.8 Å². The van der Waals surface area contributed by atoms with Gasteiger partial charge in [0.1, 0.15) is 4.75 Å². The number of nitrogens with zero attached hydrogens (tertiary/aromatic N) is 2. The highest BCUT2D eigenvalue weighted by Gasteiger charge is 2.61. The second kappa shape index (κ2) is 9.41. The first kappa shape index (κ1) is 22.6. The Morgan fingerprint density at radius 3 is 2.90 bits per heavy atom. The van der Waals surface area contributed by atoms with Crippen molar-refractivity contribution in [3.8, 4) is 0 Å². The zero-order valence-electron chi connectivity index (χ0n) is 17.3. The summed E-state index contributed by atoms with van der Waals surface area (Å²) in [5.41, 5.74) is 0. The number of aliphatic hydroxyl groups excluding tert-OH is 1. The fraction of sp³-hybridized carbons (Fsp3) is 0.650. The molecule has 1 aromatic rings. The fourth-order valence-corrected chi connectivity index (χ4v) is 6.81. The number of thioether (sulfide) groups is 2. The maximum Gasteiger partial charge on any atom is 0.324 e. The molecule has 9 heteroatoms. The van der Waals surface area contributed by atoms with Crippen LogP contribution in [-0.2, 0) is 14.3 Å². The van der Waals surface area contributed by atoms with Gasteiger partial charge >= 0.3 is 5.97 Å². The zero-order valence-corrected chi connectivity index (χ0v) is 19.9. The molecule has 6 nitrogen and oxygen atoms in total. The van der Waals surface area contributed by atoms with E-state index in [4.69, 9.17) is 4.74 Å². The molecule has 0 bridgehead atoms. The van der Waals surface area contributed by atoms with Gasteiger partial charge in [0.15, 0.2) is 0 Å². The molecule has 3 atom stereocenters. The number of esters is 1. The van der Waals surface area contributed by atoms with Crippen LogP contribution in [0.25, 0.3) is 0 Å². The number of β-lactam (4-membered cyclic amide) rings is 1. The average Bonchev–Trinajstić information content (AvgIpc) is 3.02. The van der Waals surface area contributed by atoms with Crippen LogP contribution in [0.15, 0.2) is 29.4 Å². The summed E-state index contributed by atoms with van der Waals surface area (Å²) in [5, 5.41) is 10.4. The monoisotopic (exact) mass is 454 g/mol. The highest BCUT2D eigenvalue weighted by Crippen LogP contribution is 2.52. The van der Waals surface area contributed by atoms with Crippen molar-refractivity contribution in [3.63, 3.8) is 0 Å². The smallest absolute Gasteiger partial charge is 0.324 e. The molecule has 0 aromatic carbocycles. The van der Waals surface area contributed by atoms with Gasteiger partial charge in [0.05, 0.1) is 29.5 Å². The van der Waals surface area contributed by atoms with E-state index in [0.29, 0.717) is 19.6 Å². The number of aromatic nitrogens is 1. The van der Waals surface area contributed by atoms with E-state index in [1.54, 1.807) is 22.9 Å². The summed E-state index contributed by atoms with van der Waals surface area (Å²) in [6.45, 7) is 7.44. The summed E-state index contributed by atoms with van der Waals surface area (Å²) >= 11 is 3.18. The molecule has 0 radical (unpaired) electrons. The Labute approximate surface area is 182 Å². The van der Waals surface area contributed by atoms with Gasteiger partial charge in [-0.05, 0) is 36.8 Å². The fourth-order valence-electron chi connectivity index (χ4n) is 3.52. The van der Waals surface area contributed by atoms with Gasteiger partial charge in [0, 0.05) is 20.8 Å². The van der Waals surface area contributed by atoms with E-state index in [2.05, 4.69) is 24.6 Å². The minimum atomic E-state index is -1.29. The standard InChI is InChI=1S/C20H30N2O4S2Si/c1-29(2,3)12-10-26-19(25)20(8-6-11-27-16-7-4-5-9-21-16)14-22-17(24)15(13-23)18(22)28-20/h4-5,7,9,15,18,23H,6,8,10-14H2,1-3H3/t15-,18+,20?/m0/s1. The number of carbonyl (C=O) groups excluding carboxylic acids is 2. The summed E-state index contributed by atoms with van der Waals surface area (Å²) in [7, 11) is -1.29. The minimum Gasteiger partial charge on any atom is -0.465 e. The first-order valence-corrected chi connectivity index (χ1v) is 15.6.